The van der Waals surface area contributed by atoms with Gasteiger partial charge in [-0.1, -0.05) is 0 Å². The van der Waals surface area contributed by atoms with E-state index in [9.17, 15) is 5.11 Å². The summed E-state index contributed by atoms with van der Waals surface area (Å²) in [5, 5.41) is 9.83. The molecule has 2 atom stereocenters. The Balaban J connectivity index is 2.13. The molecule has 14 heavy (non-hydrogen) atoms. The molecule has 1 aromatic heterocycles. The van der Waals surface area contributed by atoms with Crippen molar-refractivity contribution in [3.63, 3.8) is 0 Å². The van der Waals surface area contributed by atoms with Crippen LogP contribution in [0.5, 0.6) is 0 Å². The molecular formula is C10H13BrN2O. The average Bonchev–Trinajstić information content (AvgIpc) is 2.99. The first-order valence-corrected chi connectivity index (χ1v) is 5.52. The van der Waals surface area contributed by atoms with E-state index in [4.69, 9.17) is 5.73 Å². The van der Waals surface area contributed by atoms with E-state index in [2.05, 4.69) is 20.9 Å². The minimum atomic E-state index is -0.425. The Kier molecular flexibility index (Phi) is 2.85. The van der Waals surface area contributed by atoms with Gasteiger partial charge in [-0.15, -0.1) is 0 Å². The molecule has 0 saturated heterocycles. The van der Waals surface area contributed by atoms with Crippen molar-refractivity contribution in [2.45, 2.75) is 25.0 Å². The lowest BCUT2D eigenvalue weighted by atomic mass is 10.0. The van der Waals surface area contributed by atoms with Crippen molar-refractivity contribution < 1.29 is 5.11 Å². The van der Waals surface area contributed by atoms with Gasteiger partial charge in [0.05, 0.1) is 12.1 Å². The van der Waals surface area contributed by atoms with Crippen LogP contribution in [0.15, 0.2) is 22.9 Å². The van der Waals surface area contributed by atoms with Gasteiger partial charge >= 0.3 is 0 Å². The lowest BCUT2D eigenvalue weighted by Gasteiger charge is -2.18. The fraction of sp³-hybridized carbons (Fsp3) is 0.500. The summed E-state index contributed by atoms with van der Waals surface area (Å²) in [5.74, 6) is 0.393. The van der Waals surface area contributed by atoms with Gasteiger partial charge in [0.15, 0.2) is 0 Å². The van der Waals surface area contributed by atoms with Crippen molar-refractivity contribution in [1.82, 2.24) is 4.98 Å². The number of aliphatic hydroxyl groups excluding tert-OH is 1. The Morgan fingerprint density at radius 1 is 1.50 bits per heavy atom. The highest BCUT2D eigenvalue weighted by molar-refractivity contribution is 9.10. The van der Waals surface area contributed by atoms with Crippen LogP contribution in [0.3, 0.4) is 0 Å². The number of pyridine rings is 1. The van der Waals surface area contributed by atoms with Crippen LogP contribution in [-0.2, 0) is 0 Å². The quantitative estimate of drug-likeness (QED) is 0.864. The second-order valence-corrected chi connectivity index (χ2v) is 4.71. The van der Waals surface area contributed by atoms with Crippen LogP contribution in [0.2, 0.25) is 0 Å². The Bertz CT molecular complexity index is 328. The van der Waals surface area contributed by atoms with Crippen LogP contribution in [0.1, 0.15) is 24.4 Å². The number of rotatable bonds is 3. The number of halogens is 1. The van der Waals surface area contributed by atoms with Crippen molar-refractivity contribution in [1.29, 1.82) is 0 Å². The first kappa shape index (κ1) is 10.1. The lowest BCUT2D eigenvalue weighted by molar-refractivity contribution is 0.122. The van der Waals surface area contributed by atoms with Gasteiger partial charge in [-0.25, -0.2) is 0 Å². The first-order chi connectivity index (χ1) is 6.68. The maximum atomic E-state index is 9.83. The number of hydrogen-bond donors (Lipinski definition) is 2. The molecule has 1 aromatic rings. The normalized spacial score (nSPS) is 20.5. The minimum Gasteiger partial charge on any atom is -0.391 e. The predicted molar refractivity (Wildman–Crippen MR) is 57.6 cm³/mol. The van der Waals surface area contributed by atoms with Gasteiger partial charge in [-0.05, 0) is 46.3 Å². The Morgan fingerprint density at radius 2 is 2.21 bits per heavy atom. The average molecular weight is 257 g/mol. The maximum Gasteiger partial charge on any atom is 0.0761 e. The van der Waals surface area contributed by atoms with Crippen molar-refractivity contribution in [3.8, 4) is 0 Å². The lowest BCUT2D eigenvalue weighted by Crippen LogP contribution is -2.27. The van der Waals surface area contributed by atoms with E-state index in [1.165, 1.54) is 0 Å². The highest BCUT2D eigenvalue weighted by atomic mass is 79.9. The third-order valence-corrected chi connectivity index (χ3v) is 3.02. The standard InChI is InChI=1S/C10H13BrN2O/c11-8-3-7(4-13-5-8)9(12)10(14)6-1-2-6/h3-6,9-10,14H,1-2,12H2/t9-,10+/m0/s1. The van der Waals surface area contributed by atoms with Gasteiger partial charge in [0, 0.05) is 16.9 Å². The molecule has 1 aliphatic carbocycles. The van der Waals surface area contributed by atoms with Gasteiger partial charge in [-0.3, -0.25) is 4.98 Å². The van der Waals surface area contributed by atoms with Crippen LogP contribution in [0.25, 0.3) is 0 Å². The Hall–Kier alpha value is -0.450. The molecule has 3 nitrogen and oxygen atoms in total. The minimum absolute atomic E-state index is 0.313. The zero-order chi connectivity index (χ0) is 10.1. The molecule has 76 valence electrons. The van der Waals surface area contributed by atoms with E-state index < -0.39 is 6.10 Å². The van der Waals surface area contributed by atoms with Gasteiger partial charge in [0.2, 0.25) is 0 Å². The monoisotopic (exact) mass is 256 g/mol. The molecule has 1 saturated carbocycles. The van der Waals surface area contributed by atoms with Crippen LogP contribution in [0, 0.1) is 5.92 Å². The number of nitrogens with zero attached hydrogens (tertiary/aromatic N) is 1. The van der Waals surface area contributed by atoms with Crippen LogP contribution in [0.4, 0.5) is 0 Å². The summed E-state index contributed by atoms with van der Waals surface area (Å²) in [6.45, 7) is 0. The Morgan fingerprint density at radius 3 is 2.79 bits per heavy atom. The van der Waals surface area contributed by atoms with Gasteiger partial charge in [0.1, 0.15) is 0 Å². The molecule has 0 unspecified atom stereocenters. The highest BCUT2D eigenvalue weighted by Crippen LogP contribution is 2.37. The van der Waals surface area contributed by atoms with Crippen molar-refractivity contribution in [2.75, 3.05) is 0 Å². The zero-order valence-corrected chi connectivity index (χ0v) is 9.31. The fourth-order valence-electron chi connectivity index (χ4n) is 1.54. The number of aliphatic hydroxyl groups is 1. The molecule has 1 fully saturated rings. The number of nitrogens with two attached hydrogens (primary N) is 1. The zero-order valence-electron chi connectivity index (χ0n) is 7.73. The molecule has 0 aliphatic heterocycles. The molecular weight excluding hydrogens is 244 g/mol. The van der Waals surface area contributed by atoms with E-state index in [-0.39, 0.29) is 6.04 Å². The fourth-order valence-corrected chi connectivity index (χ4v) is 1.92. The van der Waals surface area contributed by atoms with Gasteiger partial charge in [0.25, 0.3) is 0 Å². The van der Waals surface area contributed by atoms with E-state index in [1.54, 1.807) is 12.4 Å². The SMILES string of the molecule is N[C@@H](c1cncc(Br)c1)[C@H](O)C1CC1. The van der Waals surface area contributed by atoms with Gasteiger partial charge < -0.3 is 10.8 Å². The highest BCUT2D eigenvalue weighted by Gasteiger charge is 2.34. The summed E-state index contributed by atoms with van der Waals surface area (Å²) >= 11 is 3.33. The maximum absolute atomic E-state index is 9.83. The smallest absolute Gasteiger partial charge is 0.0761 e. The number of hydrogen-bond acceptors (Lipinski definition) is 3. The summed E-state index contributed by atoms with van der Waals surface area (Å²) in [7, 11) is 0. The summed E-state index contributed by atoms with van der Waals surface area (Å²) in [6, 6.07) is 1.59. The molecule has 0 aromatic carbocycles. The number of aromatic nitrogens is 1. The van der Waals surface area contributed by atoms with E-state index in [0.717, 1.165) is 22.9 Å². The van der Waals surface area contributed by atoms with Crippen LogP contribution >= 0.6 is 15.9 Å². The molecule has 4 heteroatoms. The predicted octanol–water partition coefficient (Wildman–Crippen LogP) is 1.61. The summed E-state index contributed by atoms with van der Waals surface area (Å²) in [6.07, 6.45) is 5.18. The molecule has 1 aliphatic rings. The van der Waals surface area contributed by atoms with Crippen molar-refractivity contribution in [3.05, 3.63) is 28.5 Å². The molecule has 1 heterocycles. The van der Waals surface area contributed by atoms with Crippen molar-refractivity contribution in [2.24, 2.45) is 11.7 Å². The summed E-state index contributed by atoms with van der Waals surface area (Å²) in [5.41, 5.74) is 6.83. The van der Waals surface area contributed by atoms with E-state index >= 15 is 0 Å². The third-order valence-electron chi connectivity index (χ3n) is 2.58. The van der Waals surface area contributed by atoms with Crippen LogP contribution < -0.4 is 5.73 Å². The molecule has 0 radical (unpaired) electrons. The van der Waals surface area contributed by atoms with Crippen molar-refractivity contribution >= 4 is 15.9 Å². The Labute approximate surface area is 91.5 Å². The van der Waals surface area contributed by atoms with E-state index in [1.807, 2.05) is 6.07 Å². The summed E-state index contributed by atoms with van der Waals surface area (Å²) in [4.78, 5) is 4.03. The molecule has 0 bridgehead atoms. The van der Waals surface area contributed by atoms with E-state index in [0.29, 0.717) is 5.92 Å². The third kappa shape index (κ3) is 2.13. The first-order valence-electron chi connectivity index (χ1n) is 4.72. The molecule has 3 N–H and O–H groups in total. The summed E-state index contributed by atoms with van der Waals surface area (Å²) < 4.78 is 0.897. The van der Waals surface area contributed by atoms with Crippen LogP contribution in [-0.4, -0.2) is 16.2 Å². The molecule has 0 amide bonds. The molecule has 0 spiro atoms. The van der Waals surface area contributed by atoms with Gasteiger partial charge in [-0.2, -0.15) is 0 Å². The largest absolute Gasteiger partial charge is 0.391 e. The second-order valence-electron chi connectivity index (χ2n) is 3.79. The molecule has 2 rings (SSSR count). The topological polar surface area (TPSA) is 59.1 Å². The second kappa shape index (κ2) is 3.96.